The Hall–Kier alpha value is -2.22. The molecular weight excluding hydrogens is 332 g/mol. The van der Waals surface area contributed by atoms with Gasteiger partial charge in [0.2, 0.25) is 0 Å². The van der Waals surface area contributed by atoms with Crippen LogP contribution in [0.25, 0.3) is 0 Å². The summed E-state index contributed by atoms with van der Waals surface area (Å²) in [5, 5.41) is 16.4. The molecule has 2 aromatic rings. The standard InChI is InChI=1S/C18H26N6O2/c1-11(2)16-15(12(3)26-22-16)18(25)23-8-6-14-20-21-17(24(14)10-9-23)13-5-4-7-19-13/h11,13,19H,4-10H2,1-3H3. The number of nitrogens with one attached hydrogen (secondary N) is 1. The highest BCUT2D eigenvalue weighted by Gasteiger charge is 2.30. The Morgan fingerprint density at radius 3 is 2.85 bits per heavy atom. The summed E-state index contributed by atoms with van der Waals surface area (Å²) in [4.78, 5) is 15.0. The first-order chi connectivity index (χ1) is 12.6. The highest BCUT2D eigenvalue weighted by atomic mass is 16.5. The van der Waals surface area contributed by atoms with E-state index in [0.717, 1.165) is 36.9 Å². The van der Waals surface area contributed by atoms with Crippen LogP contribution in [0.3, 0.4) is 0 Å². The predicted molar refractivity (Wildman–Crippen MR) is 94.9 cm³/mol. The SMILES string of the molecule is Cc1onc(C(C)C)c1C(=O)N1CCc2nnc(C3CCCN3)n2CC1. The third-order valence-corrected chi connectivity index (χ3v) is 5.36. The fourth-order valence-corrected chi connectivity index (χ4v) is 3.91. The number of aryl methyl sites for hydroxylation is 1. The van der Waals surface area contributed by atoms with Gasteiger partial charge < -0.3 is 19.3 Å². The van der Waals surface area contributed by atoms with Crippen LogP contribution in [0.4, 0.5) is 0 Å². The van der Waals surface area contributed by atoms with Crippen molar-refractivity contribution < 1.29 is 9.32 Å². The topological polar surface area (TPSA) is 89.1 Å². The molecule has 0 saturated carbocycles. The minimum Gasteiger partial charge on any atom is -0.361 e. The van der Waals surface area contributed by atoms with Gasteiger partial charge in [0, 0.05) is 26.1 Å². The Kier molecular flexibility index (Phi) is 4.52. The Morgan fingerprint density at radius 2 is 2.12 bits per heavy atom. The summed E-state index contributed by atoms with van der Waals surface area (Å²) in [5.41, 5.74) is 1.36. The van der Waals surface area contributed by atoms with E-state index in [2.05, 4.69) is 25.2 Å². The Labute approximate surface area is 152 Å². The zero-order valence-corrected chi connectivity index (χ0v) is 15.7. The second-order valence-corrected chi connectivity index (χ2v) is 7.47. The molecular formula is C18H26N6O2. The van der Waals surface area contributed by atoms with E-state index in [-0.39, 0.29) is 17.9 Å². The molecule has 8 heteroatoms. The number of hydrogen-bond donors (Lipinski definition) is 1. The second-order valence-electron chi connectivity index (χ2n) is 7.47. The van der Waals surface area contributed by atoms with Crippen LogP contribution in [-0.4, -0.2) is 50.4 Å². The van der Waals surface area contributed by atoms with Crippen molar-refractivity contribution >= 4 is 5.91 Å². The molecule has 2 aliphatic rings. The first-order valence-corrected chi connectivity index (χ1v) is 9.47. The maximum Gasteiger partial charge on any atom is 0.259 e. The molecule has 1 saturated heterocycles. The van der Waals surface area contributed by atoms with Crippen LogP contribution in [0.1, 0.15) is 72.1 Å². The summed E-state index contributed by atoms with van der Waals surface area (Å²) >= 11 is 0. The minimum absolute atomic E-state index is 0.00621. The van der Waals surface area contributed by atoms with Gasteiger partial charge in [-0.25, -0.2) is 0 Å². The summed E-state index contributed by atoms with van der Waals surface area (Å²) in [5.74, 6) is 2.73. The highest BCUT2D eigenvalue weighted by Crippen LogP contribution is 2.26. The quantitative estimate of drug-likeness (QED) is 0.900. The van der Waals surface area contributed by atoms with Crippen molar-refractivity contribution in [2.75, 3.05) is 19.6 Å². The van der Waals surface area contributed by atoms with E-state index < -0.39 is 0 Å². The van der Waals surface area contributed by atoms with Gasteiger partial charge in [-0.3, -0.25) is 4.79 Å². The summed E-state index contributed by atoms with van der Waals surface area (Å²) in [6, 6.07) is 0.284. The molecule has 0 aromatic carbocycles. The number of aromatic nitrogens is 4. The van der Waals surface area contributed by atoms with Gasteiger partial charge in [0.1, 0.15) is 23.0 Å². The van der Waals surface area contributed by atoms with Crippen molar-refractivity contribution in [3.05, 3.63) is 28.7 Å². The van der Waals surface area contributed by atoms with Crippen molar-refractivity contribution in [2.45, 2.75) is 58.5 Å². The molecule has 4 rings (SSSR count). The molecule has 26 heavy (non-hydrogen) atoms. The molecule has 8 nitrogen and oxygen atoms in total. The predicted octanol–water partition coefficient (Wildman–Crippen LogP) is 1.82. The van der Waals surface area contributed by atoms with E-state index in [1.54, 1.807) is 0 Å². The Balaban J connectivity index is 1.54. The van der Waals surface area contributed by atoms with E-state index in [4.69, 9.17) is 4.52 Å². The van der Waals surface area contributed by atoms with E-state index in [1.807, 2.05) is 25.7 Å². The summed E-state index contributed by atoms with van der Waals surface area (Å²) in [6.45, 7) is 8.90. The largest absolute Gasteiger partial charge is 0.361 e. The fourth-order valence-electron chi connectivity index (χ4n) is 3.91. The molecule has 2 aromatic heterocycles. The van der Waals surface area contributed by atoms with Gasteiger partial charge >= 0.3 is 0 Å². The van der Waals surface area contributed by atoms with Gasteiger partial charge in [0.05, 0.1) is 11.7 Å². The lowest BCUT2D eigenvalue weighted by molar-refractivity contribution is 0.0755. The minimum atomic E-state index is 0.00621. The lowest BCUT2D eigenvalue weighted by Gasteiger charge is -2.21. The van der Waals surface area contributed by atoms with Crippen molar-refractivity contribution in [1.29, 1.82) is 0 Å². The number of nitrogens with zero attached hydrogens (tertiary/aromatic N) is 5. The van der Waals surface area contributed by atoms with E-state index in [1.165, 1.54) is 6.42 Å². The smallest absolute Gasteiger partial charge is 0.259 e. The number of amides is 1. The molecule has 2 aliphatic heterocycles. The van der Waals surface area contributed by atoms with Crippen LogP contribution in [0.2, 0.25) is 0 Å². The molecule has 1 unspecified atom stereocenters. The zero-order chi connectivity index (χ0) is 18.3. The van der Waals surface area contributed by atoms with Crippen LogP contribution >= 0.6 is 0 Å². The average Bonchev–Trinajstić information content (AvgIpc) is 3.31. The summed E-state index contributed by atoms with van der Waals surface area (Å²) in [6.07, 6.45) is 2.98. The monoisotopic (exact) mass is 358 g/mol. The number of carbonyl (C=O) groups excluding carboxylic acids is 1. The third kappa shape index (κ3) is 2.92. The molecule has 4 heterocycles. The number of carbonyl (C=O) groups is 1. The van der Waals surface area contributed by atoms with Crippen LogP contribution in [-0.2, 0) is 13.0 Å². The fraction of sp³-hybridized carbons (Fsp3) is 0.667. The first-order valence-electron chi connectivity index (χ1n) is 9.47. The Bertz CT molecular complexity index is 803. The first kappa shape index (κ1) is 17.2. The Morgan fingerprint density at radius 1 is 1.27 bits per heavy atom. The van der Waals surface area contributed by atoms with E-state index in [0.29, 0.717) is 30.8 Å². The van der Waals surface area contributed by atoms with Gasteiger partial charge in [0.15, 0.2) is 0 Å². The van der Waals surface area contributed by atoms with Crippen molar-refractivity contribution in [3.63, 3.8) is 0 Å². The van der Waals surface area contributed by atoms with Crippen LogP contribution in [0, 0.1) is 6.92 Å². The molecule has 1 amide bonds. The number of fused-ring (bicyclic) bond motifs is 1. The van der Waals surface area contributed by atoms with Crippen LogP contribution in [0.15, 0.2) is 4.52 Å². The van der Waals surface area contributed by atoms with E-state index in [9.17, 15) is 4.79 Å². The lowest BCUT2D eigenvalue weighted by Crippen LogP contribution is -2.34. The zero-order valence-electron chi connectivity index (χ0n) is 15.7. The third-order valence-electron chi connectivity index (χ3n) is 5.36. The molecule has 1 fully saturated rings. The van der Waals surface area contributed by atoms with Gasteiger partial charge in [0.25, 0.3) is 5.91 Å². The molecule has 140 valence electrons. The highest BCUT2D eigenvalue weighted by molar-refractivity contribution is 5.96. The molecule has 0 spiro atoms. The van der Waals surface area contributed by atoms with Gasteiger partial charge in [-0.2, -0.15) is 0 Å². The molecule has 0 radical (unpaired) electrons. The van der Waals surface area contributed by atoms with Crippen LogP contribution < -0.4 is 5.32 Å². The number of rotatable bonds is 3. The molecule has 1 N–H and O–H groups in total. The second kappa shape index (κ2) is 6.83. The van der Waals surface area contributed by atoms with Crippen molar-refractivity contribution in [2.24, 2.45) is 0 Å². The molecule has 1 atom stereocenters. The van der Waals surface area contributed by atoms with Gasteiger partial charge in [-0.15, -0.1) is 10.2 Å². The van der Waals surface area contributed by atoms with Gasteiger partial charge in [-0.1, -0.05) is 19.0 Å². The van der Waals surface area contributed by atoms with Crippen molar-refractivity contribution in [1.82, 2.24) is 30.1 Å². The maximum absolute atomic E-state index is 13.1. The van der Waals surface area contributed by atoms with Gasteiger partial charge in [-0.05, 0) is 32.2 Å². The summed E-state index contributed by atoms with van der Waals surface area (Å²) < 4.78 is 7.49. The number of hydrogen-bond acceptors (Lipinski definition) is 6. The summed E-state index contributed by atoms with van der Waals surface area (Å²) in [7, 11) is 0. The van der Waals surface area contributed by atoms with E-state index >= 15 is 0 Å². The normalized spacial score (nSPS) is 20.5. The maximum atomic E-state index is 13.1. The van der Waals surface area contributed by atoms with Crippen molar-refractivity contribution in [3.8, 4) is 0 Å². The lowest BCUT2D eigenvalue weighted by atomic mass is 10.0. The molecule has 0 bridgehead atoms. The molecule has 0 aliphatic carbocycles. The van der Waals surface area contributed by atoms with Crippen LogP contribution in [0.5, 0.6) is 0 Å². The average molecular weight is 358 g/mol.